The topological polar surface area (TPSA) is 70.2 Å². The first kappa shape index (κ1) is 19.2. The third kappa shape index (κ3) is 3.98. The molecule has 0 spiro atoms. The van der Waals surface area contributed by atoms with Crippen molar-refractivity contribution in [1.82, 2.24) is 9.99 Å². The Bertz CT molecular complexity index is 1290. The lowest BCUT2D eigenvalue weighted by molar-refractivity contribution is 0.0954. The van der Waals surface area contributed by atoms with Gasteiger partial charge in [-0.3, -0.25) is 4.79 Å². The summed E-state index contributed by atoms with van der Waals surface area (Å²) in [7, 11) is 0. The Labute approximate surface area is 174 Å². The number of nitrogens with one attached hydrogen (secondary N) is 1. The van der Waals surface area contributed by atoms with Crippen LogP contribution in [-0.4, -0.2) is 16.7 Å². The highest BCUT2D eigenvalue weighted by atomic mass is 16.2. The molecule has 0 aliphatic heterocycles. The predicted molar refractivity (Wildman–Crippen MR) is 118 cm³/mol. The summed E-state index contributed by atoms with van der Waals surface area (Å²) in [5.41, 5.74) is 7.78. The van der Waals surface area contributed by atoms with Crippen LogP contribution in [0.25, 0.3) is 10.9 Å². The summed E-state index contributed by atoms with van der Waals surface area (Å²) in [6.07, 6.45) is 3.67. The number of fused-ring (bicyclic) bond motifs is 1. The van der Waals surface area contributed by atoms with E-state index in [9.17, 15) is 4.79 Å². The maximum Gasteiger partial charge on any atom is 0.271 e. The number of nitrogens with zero attached hydrogens (tertiary/aromatic N) is 3. The van der Waals surface area contributed by atoms with Gasteiger partial charge in [0.25, 0.3) is 5.91 Å². The number of amides is 1. The first-order chi connectivity index (χ1) is 14.7. The molecule has 0 radical (unpaired) electrons. The van der Waals surface area contributed by atoms with E-state index in [0.717, 1.165) is 27.6 Å². The molecule has 0 saturated carbocycles. The average molecular weight is 392 g/mol. The number of aromatic nitrogens is 1. The monoisotopic (exact) mass is 392 g/mol. The number of aryl methyl sites for hydroxylation is 1. The molecule has 146 valence electrons. The van der Waals surface area contributed by atoms with Gasteiger partial charge in [-0.2, -0.15) is 10.4 Å². The minimum absolute atomic E-state index is 0.235. The van der Waals surface area contributed by atoms with Crippen LogP contribution >= 0.6 is 0 Å². The molecule has 0 bridgehead atoms. The van der Waals surface area contributed by atoms with Crippen LogP contribution in [-0.2, 0) is 6.54 Å². The van der Waals surface area contributed by atoms with Gasteiger partial charge in [0, 0.05) is 34.8 Å². The molecule has 4 aromatic rings. The van der Waals surface area contributed by atoms with Crippen molar-refractivity contribution in [2.24, 2.45) is 5.10 Å². The molecule has 30 heavy (non-hydrogen) atoms. The van der Waals surface area contributed by atoms with Gasteiger partial charge in [0.1, 0.15) is 0 Å². The Hall–Kier alpha value is -4.17. The molecule has 0 fully saturated rings. The zero-order valence-electron chi connectivity index (χ0n) is 16.5. The summed E-state index contributed by atoms with van der Waals surface area (Å²) in [6, 6.07) is 25.2. The Kier molecular flexibility index (Phi) is 5.40. The largest absolute Gasteiger partial charge is 0.342 e. The fraction of sp³-hybridized carbons (Fsp3) is 0.0800. The fourth-order valence-electron chi connectivity index (χ4n) is 3.49. The number of hydrogen-bond donors (Lipinski definition) is 1. The molecule has 3 aromatic carbocycles. The van der Waals surface area contributed by atoms with E-state index in [2.05, 4.69) is 21.2 Å². The van der Waals surface area contributed by atoms with Gasteiger partial charge in [0.2, 0.25) is 0 Å². The number of nitriles is 1. The van der Waals surface area contributed by atoms with E-state index in [1.807, 2.05) is 73.8 Å². The zero-order valence-corrected chi connectivity index (χ0v) is 16.5. The third-order valence-corrected chi connectivity index (χ3v) is 4.99. The van der Waals surface area contributed by atoms with E-state index in [4.69, 9.17) is 5.26 Å². The Morgan fingerprint density at radius 2 is 1.90 bits per heavy atom. The van der Waals surface area contributed by atoms with Crippen molar-refractivity contribution in [3.63, 3.8) is 0 Å². The molecular weight excluding hydrogens is 372 g/mol. The van der Waals surface area contributed by atoms with Gasteiger partial charge in [-0.25, -0.2) is 5.43 Å². The number of carbonyl (C=O) groups is 1. The lowest BCUT2D eigenvalue weighted by Gasteiger charge is -2.05. The van der Waals surface area contributed by atoms with Gasteiger partial charge < -0.3 is 4.57 Å². The molecular formula is C25H20N4O. The van der Waals surface area contributed by atoms with Crippen molar-refractivity contribution in [1.29, 1.82) is 5.26 Å². The van der Waals surface area contributed by atoms with Gasteiger partial charge in [-0.1, -0.05) is 48.5 Å². The second-order valence-corrected chi connectivity index (χ2v) is 7.06. The van der Waals surface area contributed by atoms with Crippen molar-refractivity contribution in [2.45, 2.75) is 13.5 Å². The van der Waals surface area contributed by atoms with E-state index in [1.165, 1.54) is 0 Å². The maximum absolute atomic E-state index is 12.4. The SMILES string of the molecule is Cc1ccccc1C(=O)N/N=C/c1cn(Cc2cccc(C#N)c2)c2ccccc12. The Morgan fingerprint density at radius 3 is 2.73 bits per heavy atom. The molecule has 0 saturated heterocycles. The summed E-state index contributed by atoms with van der Waals surface area (Å²) in [4.78, 5) is 12.4. The van der Waals surface area contributed by atoms with Gasteiger partial charge >= 0.3 is 0 Å². The van der Waals surface area contributed by atoms with Gasteiger partial charge in [0.15, 0.2) is 0 Å². The molecule has 1 heterocycles. The van der Waals surface area contributed by atoms with Crippen LogP contribution in [0.2, 0.25) is 0 Å². The zero-order chi connectivity index (χ0) is 20.9. The summed E-state index contributed by atoms with van der Waals surface area (Å²) in [5, 5.41) is 14.4. The molecule has 0 atom stereocenters. The molecule has 4 rings (SSSR count). The van der Waals surface area contributed by atoms with Gasteiger partial charge in [0.05, 0.1) is 17.8 Å². The van der Waals surface area contributed by atoms with Crippen LogP contribution in [0.3, 0.4) is 0 Å². The molecule has 1 aromatic heterocycles. The van der Waals surface area contributed by atoms with Crippen LogP contribution < -0.4 is 5.43 Å². The number of hydrogen-bond acceptors (Lipinski definition) is 3. The summed E-state index contributed by atoms with van der Waals surface area (Å²) < 4.78 is 2.12. The van der Waals surface area contributed by atoms with Crippen LogP contribution in [0.1, 0.15) is 32.6 Å². The van der Waals surface area contributed by atoms with E-state index >= 15 is 0 Å². The van der Waals surface area contributed by atoms with Crippen LogP contribution in [0, 0.1) is 18.3 Å². The van der Waals surface area contributed by atoms with Crippen molar-refractivity contribution in [3.8, 4) is 6.07 Å². The molecule has 0 aliphatic carbocycles. The highest BCUT2D eigenvalue weighted by Crippen LogP contribution is 2.21. The fourth-order valence-corrected chi connectivity index (χ4v) is 3.49. The van der Waals surface area contributed by atoms with Crippen molar-refractivity contribution >= 4 is 23.0 Å². The molecule has 0 unspecified atom stereocenters. The Balaban J connectivity index is 1.59. The second kappa shape index (κ2) is 8.46. The quantitative estimate of drug-likeness (QED) is 0.397. The maximum atomic E-state index is 12.4. The van der Waals surface area contributed by atoms with E-state index < -0.39 is 0 Å². The standard InChI is InChI=1S/C25H20N4O/c1-18-7-2-3-10-22(18)25(30)28-27-15-21-17-29(24-12-5-4-11-23(21)24)16-20-9-6-8-19(13-20)14-26/h2-13,15,17H,16H2,1H3,(H,28,30)/b27-15+. The van der Waals surface area contributed by atoms with Crippen LogP contribution in [0.5, 0.6) is 0 Å². The van der Waals surface area contributed by atoms with Crippen LogP contribution in [0.15, 0.2) is 84.1 Å². The van der Waals surface area contributed by atoms with Gasteiger partial charge in [-0.05, 0) is 42.3 Å². The van der Waals surface area contributed by atoms with Gasteiger partial charge in [-0.15, -0.1) is 0 Å². The first-order valence-electron chi connectivity index (χ1n) is 9.61. The first-order valence-corrected chi connectivity index (χ1v) is 9.61. The molecule has 5 nitrogen and oxygen atoms in total. The molecule has 0 aliphatic rings. The predicted octanol–water partition coefficient (Wildman–Crippen LogP) is 4.63. The highest BCUT2D eigenvalue weighted by Gasteiger charge is 2.09. The lowest BCUT2D eigenvalue weighted by Crippen LogP contribution is -2.18. The third-order valence-electron chi connectivity index (χ3n) is 4.99. The minimum Gasteiger partial charge on any atom is -0.342 e. The number of carbonyl (C=O) groups excluding carboxylic acids is 1. The lowest BCUT2D eigenvalue weighted by atomic mass is 10.1. The van der Waals surface area contributed by atoms with E-state index in [0.29, 0.717) is 17.7 Å². The molecule has 1 amide bonds. The summed E-state index contributed by atoms with van der Waals surface area (Å²) in [6.45, 7) is 2.53. The van der Waals surface area contributed by atoms with E-state index in [1.54, 1.807) is 18.3 Å². The smallest absolute Gasteiger partial charge is 0.271 e. The van der Waals surface area contributed by atoms with Crippen molar-refractivity contribution in [3.05, 3.63) is 107 Å². The summed E-state index contributed by atoms with van der Waals surface area (Å²) in [5.74, 6) is -0.235. The van der Waals surface area contributed by atoms with Crippen LogP contribution in [0.4, 0.5) is 0 Å². The number of benzene rings is 3. The van der Waals surface area contributed by atoms with Crippen molar-refractivity contribution < 1.29 is 4.79 Å². The second-order valence-electron chi connectivity index (χ2n) is 7.06. The molecule has 1 N–H and O–H groups in total. The number of para-hydroxylation sites is 1. The van der Waals surface area contributed by atoms with Crippen molar-refractivity contribution in [2.75, 3.05) is 0 Å². The highest BCUT2D eigenvalue weighted by molar-refractivity contribution is 6.00. The Morgan fingerprint density at radius 1 is 1.10 bits per heavy atom. The number of hydrazone groups is 1. The normalized spacial score (nSPS) is 10.9. The number of rotatable bonds is 5. The van der Waals surface area contributed by atoms with E-state index in [-0.39, 0.29) is 5.91 Å². The minimum atomic E-state index is -0.235. The molecule has 5 heteroatoms. The summed E-state index contributed by atoms with van der Waals surface area (Å²) >= 11 is 0. The average Bonchev–Trinajstić information content (AvgIpc) is 3.11.